The number of fused-ring (bicyclic) bond motifs is 1. The van der Waals surface area contributed by atoms with Crippen molar-refractivity contribution in [1.29, 1.82) is 0 Å². The van der Waals surface area contributed by atoms with Gasteiger partial charge in [-0.3, -0.25) is 4.79 Å². The van der Waals surface area contributed by atoms with Gasteiger partial charge in [-0.1, -0.05) is 0 Å². The first-order chi connectivity index (χ1) is 6.24. The van der Waals surface area contributed by atoms with Gasteiger partial charge in [0.15, 0.2) is 6.29 Å². The van der Waals surface area contributed by atoms with Crippen molar-refractivity contribution in [3.8, 4) is 5.75 Å². The zero-order valence-electron chi connectivity index (χ0n) is 7.45. The van der Waals surface area contributed by atoms with Crippen LogP contribution in [0.3, 0.4) is 0 Å². The van der Waals surface area contributed by atoms with Gasteiger partial charge in [0, 0.05) is 24.8 Å². The molecule has 0 amide bonds. The third kappa shape index (κ3) is 1.08. The van der Waals surface area contributed by atoms with Crippen LogP contribution in [0.2, 0.25) is 0 Å². The van der Waals surface area contributed by atoms with Gasteiger partial charge in [-0.2, -0.15) is 0 Å². The highest BCUT2D eigenvalue weighted by atomic mass is 16.3. The largest absolute Gasteiger partial charge is 0.507 e. The lowest BCUT2D eigenvalue weighted by Gasteiger charge is -2.12. The molecule has 1 heterocycles. The SMILES string of the molecule is CN1CCc2c1ccc(C=O)c2O. The molecule has 2 rings (SSSR count). The molecule has 0 spiro atoms. The Morgan fingerprint density at radius 1 is 1.54 bits per heavy atom. The van der Waals surface area contributed by atoms with E-state index in [4.69, 9.17) is 0 Å². The fourth-order valence-electron chi connectivity index (χ4n) is 1.74. The van der Waals surface area contributed by atoms with Crippen molar-refractivity contribution in [3.63, 3.8) is 0 Å². The summed E-state index contributed by atoms with van der Waals surface area (Å²) in [6.45, 7) is 0.908. The molecule has 1 aromatic carbocycles. The van der Waals surface area contributed by atoms with Crippen LogP contribution in [0.25, 0.3) is 0 Å². The van der Waals surface area contributed by atoms with Gasteiger partial charge in [-0.15, -0.1) is 0 Å². The van der Waals surface area contributed by atoms with E-state index < -0.39 is 0 Å². The van der Waals surface area contributed by atoms with E-state index in [2.05, 4.69) is 4.90 Å². The summed E-state index contributed by atoms with van der Waals surface area (Å²) in [5, 5.41) is 9.67. The van der Waals surface area contributed by atoms with Crippen molar-refractivity contribution >= 4 is 12.0 Å². The lowest BCUT2D eigenvalue weighted by atomic mass is 10.1. The van der Waals surface area contributed by atoms with Crippen molar-refractivity contribution in [1.82, 2.24) is 0 Å². The van der Waals surface area contributed by atoms with E-state index in [9.17, 15) is 9.90 Å². The van der Waals surface area contributed by atoms with Gasteiger partial charge in [-0.05, 0) is 18.6 Å². The highest BCUT2D eigenvalue weighted by Gasteiger charge is 2.20. The van der Waals surface area contributed by atoms with Crippen molar-refractivity contribution in [3.05, 3.63) is 23.3 Å². The predicted molar refractivity (Wildman–Crippen MR) is 50.5 cm³/mol. The quantitative estimate of drug-likeness (QED) is 0.655. The van der Waals surface area contributed by atoms with Crippen LogP contribution in [-0.2, 0) is 6.42 Å². The number of benzene rings is 1. The highest BCUT2D eigenvalue weighted by Crippen LogP contribution is 2.35. The number of phenols is 1. The first-order valence-corrected chi connectivity index (χ1v) is 4.25. The van der Waals surface area contributed by atoms with E-state index in [0.717, 1.165) is 24.2 Å². The number of hydrogen-bond acceptors (Lipinski definition) is 3. The molecule has 68 valence electrons. The summed E-state index contributed by atoms with van der Waals surface area (Å²) in [4.78, 5) is 12.6. The van der Waals surface area contributed by atoms with Gasteiger partial charge in [-0.25, -0.2) is 0 Å². The molecule has 1 aromatic rings. The van der Waals surface area contributed by atoms with Crippen LogP contribution in [0.4, 0.5) is 5.69 Å². The molecule has 1 N–H and O–H groups in total. The molecule has 0 aliphatic carbocycles. The standard InChI is InChI=1S/C10H11NO2/c1-11-5-4-8-9(11)3-2-7(6-12)10(8)13/h2-3,6,13H,4-5H2,1H3. The second kappa shape index (κ2) is 2.76. The number of likely N-dealkylation sites (N-methyl/N-ethyl adjacent to an activating group) is 1. The molecule has 0 aromatic heterocycles. The minimum absolute atomic E-state index is 0.150. The lowest BCUT2D eigenvalue weighted by molar-refractivity contribution is 0.112. The topological polar surface area (TPSA) is 40.5 Å². The van der Waals surface area contributed by atoms with Crippen molar-refractivity contribution in [2.24, 2.45) is 0 Å². The number of carbonyl (C=O) groups is 1. The number of hydrogen-bond donors (Lipinski definition) is 1. The molecule has 1 aliphatic heterocycles. The van der Waals surface area contributed by atoms with Crippen LogP contribution in [0.5, 0.6) is 5.75 Å². The normalized spacial score (nSPS) is 14.4. The van der Waals surface area contributed by atoms with Crippen molar-refractivity contribution in [2.75, 3.05) is 18.5 Å². The maximum atomic E-state index is 10.5. The molecule has 0 bridgehead atoms. The number of aromatic hydroxyl groups is 1. The molecule has 3 nitrogen and oxygen atoms in total. The van der Waals surface area contributed by atoms with Crippen LogP contribution in [0.1, 0.15) is 15.9 Å². The van der Waals surface area contributed by atoms with Crippen LogP contribution < -0.4 is 4.90 Å². The van der Waals surface area contributed by atoms with Crippen LogP contribution in [0, 0.1) is 0 Å². The van der Waals surface area contributed by atoms with Crippen LogP contribution >= 0.6 is 0 Å². The Kier molecular flexibility index (Phi) is 1.72. The molecule has 0 saturated heterocycles. The molecule has 0 saturated carbocycles. The Bertz CT molecular complexity index is 360. The van der Waals surface area contributed by atoms with E-state index in [-0.39, 0.29) is 5.75 Å². The third-order valence-electron chi connectivity index (χ3n) is 2.52. The van der Waals surface area contributed by atoms with E-state index >= 15 is 0 Å². The number of nitrogens with zero attached hydrogens (tertiary/aromatic N) is 1. The minimum atomic E-state index is 0.150. The summed E-state index contributed by atoms with van der Waals surface area (Å²) in [6, 6.07) is 3.54. The summed E-state index contributed by atoms with van der Waals surface area (Å²) >= 11 is 0. The Morgan fingerprint density at radius 3 is 3.00 bits per heavy atom. The fraction of sp³-hybridized carbons (Fsp3) is 0.300. The van der Waals surface area contributed by atoms with Gasteiger partial charge < -0.3 is 10.0 Å². The Balaban J connectivity index is 2.60. The Hall–Kier alpha value is -1.51. The van der Waals surface area contributed by atoms with E-state index in [1.165, 1.54) is 0 Å². The van der Waals surface area contributed by atoms with E-state index in [1.807, 2.05) is 13.1 Å². The molecule has 0 atom stereocenters. The molecule has 3 heteroatoms. The second-order valence-corrected chi connectivity index (χ2v) is 3.29. The molecule has 13 heavy (non-hydrogen) atoms. The molecule has 1 aliphatic rings. The first-order valence-electron chi connectivity index (χ1n) is 4.25. The van der Waals surface area contributed by atoms with Crippen LogP contribution in [0.15, 0.2) is 12.1 Å². The highest BCUT2D eigenvalue weighted by molar-refractivity contribution is 5.83. The Labute approximate surface area is 76.6 Å². The van der Waals surface area contributed by atoms with E-state index in [0.29, 0.717) is 11.8 Å². The van der Waals surface area contributed by atoms with E-state index in [1.54, 1.807) is 6.07 Å². The second-order valence-electron chi connectivity index (χ2n) is 3.29. The maximum Gasteiger partial charge on any atom is 0.153 e. The summed E-state index contributed by atoms with van der Waals surface area (Å²) in [5.74, 6) is 0.150. The number of rotatable bonds is 1. The molecular weight excluding hydrogens is 166 g/mol. The fourth-order valence-corrected chi connectivity index (χ4v) is 1.74. The number of phenolic OH excluding ortho intramolecular Hbond substituents is 1. The van der Waals surface area contributed by atoms with Gasteiger partial charge in [0.2, 0.25) is 0 Å². The summed E-state index contributed by atoms with van der Waals surface area (Å²) in [5.41, 5.74) is 2.31. The smallest absolute Gasteiger partial charge is 0.153 e. The van der Waals surface area contributed by atoms with Crippen molar-refractivity contribution in [2.45, 2.75) is 6.42 Å². The number of anilines is 1. The number of aldehydes is 1. The van der Waals surface area contributed by atoms with Gasteiger partial charge in [0.25, 0.3) is 0 Å². The average molecular weight is 177 g/mol. The zero-order valence-corrected chi connectivity index (χ0v) is 7.45. The third-order valence-corrected chi connectivity index (χ3v) is 2.52. The number of carbonyl (C=O) groups excluding carboxylic acids is 1. The van der Waals surface area contributed by atoms with Gasteiger partial charge in [0.1, 0.15) is 5.75 Å². The summed E-state index contributed by atoms with van der Waals surface area (Å²) in [6.07, 6.45) is 1.51. The predicted octanol–water partition coefficient (Wildman–Crippen LogP) is 1.20. The minimum Gasteiger partial charge on any atom is -0.507 e. The monoisotopic (exact) mass is 177 g/mol. The first kappa shape index (κ1) is 8.10. The molecular formula is C10H11NO2. The van der Waals surface area contributed by atoms with Gasteiger partial charge in [0.05, 0.1) is 5.56 Å². The molecule has 0 radical (unpaired) electrons. The van der Waals surface area contributed by atoms with Gasteiger partial charge >= 0.3 is 0 Å². The summed E-state index contributed by atoms with van der Waals surface area (Å²) < 4.78 is 0. The molecule has 0 unspecified atom stereocenters. The van der Waals surface area contributed by atoms with Crippen LogP contribution in [-0.4, -0.2) is 25.0 Å². The zero-order chi connectivity index (χ0) is 9.42. The summed E-state index contributed by atoms with van der Waals surface area (Å²) in [7, 11) is 1.98. The average Bonchev–Trinajstić information content (AvgIpc) is 2.50. The molecule has 0 fully saturated rings. The van der Waals surface area contributed by atoms with Crippen molar-refractivity contribution < 1.29 is 9.90 Å². The Morgan fingerprint density at radius 2 is 2.31 bits per heavy atom. The lowest BCUT2D eigenvalue weighted by Crippen LogP contribution is -2.12. The maximum absolute atomic E-state index is 10.5.